The van der Waals surface area contributed by atoms with E-state index in [0.717, 1.165) is 24.7 Å². The molecule has 0 spiro atoms. The SMILES string of the molecule is CCCc1nc2c([nH]1)CC(C)C(C)C2. The maximum Gasteiger partial charge on any atom is 0.106 e. The van der Waals surface area contributed by atoms with Crippen LogP contribution in [-0.4, -0.2) is 9.97 Å². The van der Waals surface area contributed by atoms with Crippen molar-refractivity contribution in [3.05, 3.63) is 17.2 Å². The highest BCUT2D eigenvalue weighted by Crippen LogP contribution is 2.28. The molecule has 1 aromatic heterocycles. The Labute approximate surface area is 86.1 Å². The standard InChI is InChI=1S/C12H20N2/c1-4-5-12-13-10-6-8(2)9(3)7-11(10)14-12/h8-9H,4-7H2,1-3H3,(H,13,14). The zero-order valence-electron chi connectivity index (χ0n) is 9.43. The molecule has 0 saturated heterocycles. The van der Waals surface area contributed by atoms with E-state index in [-0.39, 0.29) is 0 Å². The smallest absolute Gasteiger partial charge is 0.106 e. The Balaban J connectivity index is 2.20. The van der Waals surface area contributed by atoms with E-state index in [0.29, 0.717) is 0 Å². The van der Waals surface area contributed by atoms with Gasteiger partial charge in [-0.2, -0.15) is 0 Å². The summed E-state index contributed by atoms with van der Waals surface area (Å²) in [6, 6.07) is 0. The molecule has 2 heteroatoms. The van der Waals surface area contributed by atoms with Crippen LogP contribution in [0.15, 0.2) is 0 Å². The molecular weight excluding hydrogens is 172 g/mol. The molecule has 0 bridgehead atoms. The van der Waals surface area contributed by atoms with Crippen LogP contribution in [0.1, 0.15) is 44.4 Å². The van der Waals surface area contributed by atoms with E-state index in [1.54, 1.807) is 0 Å². The molecule has 0 fully saturated rings. The second-order valence-electron chi connectivity index (χ2n) is 4.72. The summed E-state index contributed by atoms with van der Waals surface area (Å²) in [7, 11) is 0. The van der Waals surface area contributed by atoms with Crippen molar-refractivity contribution in [1.29, 1.82) is 0 Å². The van der Waals surface area contributed by atoms with Gasteiger partial charge in [-0.25, -0.2) is 4.98 Å². The van der Waals surface area contributed by atoms with Gasteiger partial charge in [0.05, 0.1) is 5.69 Å². The summed E-state index contributed by atoms with van der Waals surface area (Å²) in [6.07, 6.45) is 4.62. The zero-order chi connectivity index (χ0) is 10.1. The topological polar surface area (TPSA) is 28.7 Å². The Morgan fingerprint density at radius 2 is 2.00 bits per heavy atom. The maximum absolute atomic E-state index is 4.67. The van der Waals surface area contributed by atoms with Crippen molar-refractivity contribution in [2.24, 2.45) is 11.8 Å². The first kappa shape index (κ1) is 9.75. The molecule has 2 atom stereocenters. The summed E-state index contributed by atoms with van der Waals surface area (Å²) in [4.78, 5) is 8.14. The fraction of sp³-hybridized carbons (Fsp3) is 0.750. The van der Waals surface area contributed by atoms with Crippen LogP contribution in [0, 0.1) is 11.8 Å². The number of aryl methyl sites for hydroxylation is 1. The molecule has 2 nitrogen and oxygen atoms in total. The third kappa shape index (κ3) is 1.70. The molecule has 14 heavy (non-hydrogen) atoms. The molecule has 78 valence electrons. The molecule has 0 amide bonds. The molecule has 1 heterocycles. The van der Waals surface area contributed by atoms with Crippen molar-refractivity contribution >= 4 is 0 Å². The number of H-pyrrole nitrogens is 1. The fourth-order valence-corrected chi connectivity index (χ4v) is 2.23. The Kier molecular flexibility index (Phi) is 2.62. The fourth-order valence-electron chi connectivity index (χ4n) is 2.23. The van der Waals surface area contributed by atoms with Gasteiger partial charge in [0.1, 0.15) is 5.82 Å². The van der Waals surface area contributed by atoms with Crippen LogP contribution >= 0.6 is 0 Å². The van der Waals surface area contributed by atoms with Crippen molar-refractivity contribution in [2.75, 3.05) is 0 Å². The van der Waals surface area contributed by atoms with Crippen LogP contribution in [0.5, 0.6) is 0 Å². The lowest BCUT2D eigenvalue weighted by atomic mass is 9.82. The Morgan fingerprint density at radius 3 is 2.71 bits per heavy atom. The number of hydrogen-bond donors (Lipinski definition) is 1. The van der Waals surface area contributed by atoms with E-state index < -0.39 is 0 Å². The number of rotatable bonds is 2. The van der Waals surface area contributed by atoms with Crippen molar-refractivity contribution < 1.29 is 0 Å². The summed E-state index contributed by atoms with van der Waals surface area (Å²) < 4.78 is 0. The van der Waals surface area contributed by atoms with Crippen molar-refractivity contribution in [1.82, 2.24) is 9.97 Å². The minimum Gasteiger partial charge on any atom is -0.346 e. The Morgan fingerprint density at radius 1 is 1.29 bits per heavy atom. The second kappa shape index (κ2) is 3.76. The van der Waals surface area contributed by atoms with E-state index in [9.17, 15) is 0 Å². The average Bonchev–Trinajstić information content (AvgIpc) is 2.48. The number of aromatic nitrogens is 2. The van der Waals surface area contributed by atoms with Gasteiger partial charge in [-0.15, -0.1) is 0 Å². The predicted octanol–water partition coefficient (Wildman–Crippen LogP) is 2.73. The first-order valence-electron chi connectivity index (χ1n) is 5.77. The van der Waals surface area contributed by atoms with Gasteiger partial charge in [0.25, 0.3) is 0 Å². The molecule has 1 aliphatic rings. The van der Waals surface area contributed by atoms with Gasteiger partial charge in [-0.1, -0.05) is 20.8 Å². The third-order valence-corrected chi connectivity index (χ3v) is 3.41. The van der Waals surface area contributed by atoms with Gasteiger partial charge in [0.2, 0.25) is 0 Å². The molecule has 0 radical (unpaired) electrons. The zero-order valence-corrected chi connectivity index (χ0v) is 9.43. The molecule has 0 aromatic carbocycles. The normalized spacial score (nSPS) is 26.2. The number of hydrogen-bond acceptors (Lipinski definition) is 1. The molecule has 1 N–H and O–H groups in total. The number of imidazole rings is 1. The summed E-state index contributed by atoms with van der Waals surface area (Å²) in [6.45, 7) is 6.88. The van der Waals surface area contributed by atoms with Gasteiger partial charge in [-0.05, 0) is 31.1 Å². The van der Waals surface area contributed by atoms with Crippen LogP contribution in [-0.2, 0) is 19.3 Å². The van der Waals surface area contributed by atoms with Crippen molar-refractivity contribution in [2.45, 2.75) is 46.5 Å². The van der Waals surface area contributed by atoms with Crippen LogP contribution in [0.25, 0.3) is 0 Å². The number of nitrogens with one attached hydrogen (secondary N) is 1. The molecule has 1 aliphatic carbocycles. The predicted molar refractivity (Wildman–Crippen MR) is 58.3 cm³/mol. The lowest BCUT2D eigenvalue weighted by Crippen LogP contribution is -2.20. The van der Waals surface area contributed by atoms with E-state index >= 15 is 0 Å². The molecular formula is C12H20N2. The number of nitrogens with zero attached hydrogens (tertiary/aromatic N) is 1. The van der Waals surface area contributed by atoms with Crippen LogP contribution < -0.4 is 0 Å². The highest BCUT2D eigenvalue weighted by Gasteiger charge is 2.24. The monoisotopic (exact) mass is 192 g/mol. The van der Waals surface area contributed by atoms with Crippen molar-refractivity contribution in [3.63, 3.8) is 0 Å². The number of fused-ring (bicyclic) bond motifs is 1. The molecule has 1 aromatic rings. The van der Waals surface area contributed by atoms with Crippen LogP contribution in [0.4, 0.5) is 0 Å². The largest absolute Gasteiger partial charge is 0.346 e. The second-order valence-corrected chi connectivity index (χ2v) is 4.72. The minimum absolute atomic E-state index is 0.792. The lowest BCUT2D eigenvalue weighted by molar-refractivity contribution is 0.355. The third-order valence-electron chi connectivity index (χ3n) is 3.41. The van der Waals surface area contributed by atoms with E-state index in [1.165, 1.54) is 30.1 Å². The van der Waals surface area contributed by atoms with Crippen LogP contribution in [0.2, 0.25) is 0 Å². The maximum atomic E-state index is 4.67. The molecule has 0 aliphatic heterocycles. The van der Waals surface area contributed by atoms with E-state index in [4.69, 9.17) is 0 Å². The lowest BCUT2D eigenvalue weighted by Gasteiger charge is -2.24. The summed E-state index contributed by atoms with van der Waals surface area (Å²) in [5.41, 5.74) is 2.73. The van der Waals surface area contributed by atoms with Gasteiger partial charge < -0.3 is 4.98 Å². The van der Waals surface area contributed by atoms with E-state index in [2.05, 4.69) is 30.7 Å². The quantitative estimate of drug-likeness (QED) is 0.767. The minimum atomic E-state index is 0.792. The summed E-state index contributed by atoms with van der Waals surface area (Å²) >= 11 is 0. The van der Waals surface area contributed by atoms with E-state index in [1.807, 2.05) is 0 Å². The van der Waals surface area contributed by atoms with Gasteiger partial charge in [0, 0.05) is 12.1 Å². The van der Waals surface area contributed by atoms with Gasteiger partial charge >= 0.3 is 0 Å². The summed E-state index contributed by atoms with van der Waals surface area (Å²) in [5, 5.41) is 0. The molecule has 0 saturated carbocycles. The average molecular weight is 192 g/mol. The molecule has 2 unspecified atom stereocenters. The first-order chi connectivity index (χ1) is 6.70. The van der Waals surface area contributed by atoms with Crippen molar-refractivity contribution in [3.8, 4) is 0 Å². The van der Waals surface area contributed by atoms with Gasteiger partial charge in [-0.3, -0.25) is 0 Å². The number of aromatic amines is 1. The molecule has 2 rings (SSSR count). The highest BCUT2D eigenvalue weighted by atomic mass is 14.9. The Bertz CT molecular complexity index is 287. The summed E-state index contributed by atoms with van der Waals surface area (Å²) in [5.74, 6) is 2.79. The van der Waals surface area contributed by atoms with Gasteiger partial charge in [0.15, 0.2) is 0 Å². The first-order valence-corrected chi connectivity index (χ1v) is 5.77. The highest BCUT2D eigenvalue weighted by molar-refractivity contribution is 5.19. The van der Waals surface area contributed by atoms with Crippen LogP contribution in [0.3, 0.4) is 0 Å². The Hall–Kier alpha value is -0.790.